The first-order valence-corrected chi connectivity index (χ1v) is 7.82. The number of hydrogen-bond donors (Lipinski definition) is 1. The monoisotopic (exact) mass is 291 g/mol. The summed E-state index contributed by atoms with van der Waals surface area (Å²) in [4.78, 5) is 12.2. The second-order valence-corrected chi connectivity index (χ2v) is 5.55. The van der Waals surface area contributed by atoms with E-state index in [4.69, 9.17) is 9.47 Å². The Morgan fingerprint density at radius 2 is 2.24 bits per heavy atom. The summed E-state index contributed by atoms with van der Waals surface area (Å²) in [7, 11) is 0. The molecule has 0 bridgehead atoms. The van der Waals surface area contributed by atoms with Crippen molar-refractivity contribution in [2.24, 2.45) is 5.92 Å². The van der Waals surface area contributed by atoms with Gasteiger partial charge in [-0.15, -0.1) is 0 Å². The van der Waals surface area contributed by atoms with E-state index in [1.165, 1.54) is 0 Å². The molecule has 2 atom stereocenters. The van der Waals surface area contributed by atoms with Gasteiger partial charge in [0.15, 0.2) is 0 Å². The third-order valence-corrected chi connectivity index (χ3v) is 3.86. The lowest BCUT2D eigenvalue weighted by Crippen LogP contribution is -2.29. The Balaban J connectivity index is 1.81. The molecule has 0 spiro atoms. The van der Waals surface area contributed by atoms with Gasteiger partial charge in [0.25, 0.3) is 5.91 Å². The van der Waals surface area contributed by atoms with Crippen molar-refractivity contribution >= 4 is 5.91 Å². The summed E-state index contributed by atoms with van der Waals surface area (Å²) in [5.74, 6) is 1.24. The van der Waals surface area contributed by atoms with Gasteiger partial charge in [-0.2, -0.15) is 0 Å². The number of para-hydroxylation sites is 1. The van der Waals surface area contributed by atoms with Gasteiger partial charge >= 0.3 is 0 Å². The third-order valence-electron chi connectivity index (χ3n) is 3.86. The summed E-state index contributed by atoms with van der Waals surface area (Å²) in [5, 5.41) is 3.00. The summed E-state index contributed by atoms with van der Waals surface area (Å²) < 4.78 is 11.0. The van der Waals surface area contributed by atoms with Crippen LogP contribution >= 0.6 is 0 Å². The van der Waals surface area contributed by atoms with Crippen LogP contribution in [0.15, 0.2) is 24.3 Å². The van der Waals surface area contributed by atoms with Crippen LogP contribution in [0.2, 0.25) is 0 Å². The second-order valence-electron chi connectivity index (χ2n) is 5.55. The van der Waals surface area contributed by atoms with E-state index in [0.717, 1.165) is 25.9 Å². The Labute approximate surface area is 126 Å². The van der Waals surface area contributed by atoms with E-state index in [1.807, 2.05) is 25.1 Å². The molecule has 1 aliphatic heterocycles. The molecule has 2 rings (SSSR count). The molecule has 0 radical (unpaired) electrons. The molecule has 1 heterocycles. The molecule has 4 nitrogen and oxygen atoms in total. The molecule has 116 valence electrons. The number of carbonyl (C=O) groups is 1. The number of benzene rings is 1. The number of ether oxygens (including phenoxy) is 2. The lowest BCUT2D eigenvalue weighted by atomic mass is 9.93. The van der Waals surface area contributed by atoms with Gasteiger partial charge in [0.1, 0.15) is 5.75 Å². The molecule has 4 heteroatoms. The van der Waals surface area contributed by atoms with Gasteiger partial charge in [0, 0.05) is 13.2 Å². The minimum absolute atomic E-state index is 0.0563. The molecule has 1 N–H and O–H groups in total. The second kappa shape index (κ2) is 8.03. The van der Waals surface area contributed by atoms with E-state index >= 15 is 0 Å². The Morgan fingerprint density at radius 3 is 3.00 bits per heavy atom. The van der Waals surface area contributed by atoms with Crippen LogP contribution in [-0.2, 0) is 4.74 Å². The SMILES string of the molecule is CCOc1ccccc1C(=O)NCC[C@H]1CCO[C@@H](C)C1. The maximum atomic E-state index is 12.2. The van der Waals surface area contributed by atoms with E-state index in [-0.39, 0.29) is 5.91 Å². The fourth-order valence-corrected chi connectivity index (χ4v) is 2.77. The lowest BCUT2D eigenvalue weighted by Gasteiger charge is -2.27. The zero-order valence-electron chi connectivity index (χ0n) is 12.9. The quantitative estimate of drug-likeness (QED) is 0.876. The topological polar surface area (TPSA) is 47.6 Å². The zero-order chi connectivity index (χ0) is 15.1. The van der Waals surface area contributed by atoms with Crippen molar-refractivity contribution in [2.45, 2.75) is 39.2 Å². The van der Waals surface area contributed by atoms with E-state index < -0.39 is 0 Å². The Hall–Kier alpha value is -1.55. The van der Waals surface area contributed by atoms with Crippen molar-refractivity contribution in [1.82, 2.24) is 5.32 Å². The smallest absolute Gasteiger partial charge is 0.255 e. The average molecular weight is 291 g/mol. The molecule has 1 amide bonds. The highest BCUT2D eigenvalue weighted by atomic mass is 16.5. The molecule has 0 unspecified atom stereocenters. The van der Waals surface area contributed by atoms with E-state index in [2.05, 4.69) is 12.2 Å². The normalized spacial score (nSPS) is 21.8. The maximum absolute atomic E-state index is 12.2. The van der Waals surface area contributed by atoms with Gasteiger partial charge < -0.3 is 14.8 Å². The van der Waals surface area contributed by atoms with E-state index in [1.54, 1.807) is 6.07 Å². The van der Waals surface area contributed by atoms with Crippen molar-refractivity contribution in [3.05, 3.63) is 29.8 Å². The Morgan fingerprint density at radius 1 is 1.43 bits per heavy atom. The fourth-order valence-electron chi connectivity index (χ4n) is 2.77. The molecule has 0 aliphatic carbocycles. The van der Waals surface area contributed by atoms with Gasteiger partial charge in [-0.25, -0.2) is 0 Å². The van der Waals surface area contributed by atoms with Gasteiger partial charge in [0.05, 0.1) is 18.3 Å². The first-order chi connectivity index (χ1) is 10.2. The zero-order valence-corrected chi connectivity index (χ0v) is 12.9. The van der Waals surface area contributed by atoms with Crippen LogP contribution in [0, 0.1) is 5.92 Å². The van der Waals surface area contributed by atoms with E-state index in [9.17, 15) is 4.79 Å². The highest BCUT2D eigenvalue weighted by Gasteiger charge is 2.19. The van der Waals surface area contributed by atoms with Crippen molar-refractivity contribution in [1.29, 1.82) is 0 Å². The van der Waals surface area contributed by atoms with Crippen molar-refractivity contribution < 1.29 is 14.3 Å². The molecular weight excluding hydrogens is 266 g/mol. The van der Waals surface area contributed by atoms with Gasteiger partial charge in [-0.05, 0) is 51.2 Å². The summed E-state index contributed by atoms with van der Waals surface area (Å²) in [6.45, 7) is 6.14. The van der Waals surface area contributed by atoms with Crippen LogP contribution in [-0.4, -0.2) is 31.8 Å². The molecule has 21 heavy (non-hydrogen) atoms. The average Bonchev–Trinajstić information content (AvgIpc) is 2.48. The fraction of sp³-hybridized carbons (Fsp3) is 0.588. The van der Waals surface area contributed by atoms with Crippen LogP contribution in [0.5, 0.6) is 5.75 Å². The van der Waals surface area contributed by atoms with Crippen LogP contribution in [0.1, 0.15) is 43.5 Å². The molecule has 1 fully saturated rings. The van der Waals surface area contributed by atoms with Crippen LogP contribution in [0.25, 0.3) is 0 Å². The summed E-state index contributed by atoms with van der Waals surface area (Å²) >= 11 is 0. The number of rotatable bonds is 6. The van der Waals surface area contributed by atoms with Crippen molar-refractivity contribution in [3.8, 4) is 5.75 Å². The first-order valence-electron chi connectivity index (χ1n) is 7.82. The molecular formula is C17H25NO3. The Bertz CT molecular complexity index is 461. The minimum atomic E-state index is -0.0563. The molecule has 1 aromatic rings. The van der Waals surface area contributed by atoms with Gasteiger partial charge in [-0.1, -0.05) is 12.1 Å². The standard InChI is InChI=1S/C17H25NO3/c1-3-20-16-7-5-4-6-15(16)17(19)18-10-8-14-9-11-21-13(2)12-14/h4-7,13-14H,3,8-12H2,1-2H3,(H,18,19)/t13-,14-/m0/s1. The predicted molar refractivity (Wildman–Crippen MR) is 82.7 cm³/mol. The number of nitrogens with one attached hydrogen (secondary N) is 1. The van der Waals surface area contributed by atoms with E-state index in [0.29, 0.717) is 36.5 Å². The number of hydrogen-bond acceptors (Lipinski definition) is 3. The summed E-state index contributed by atoms with van der Waals surface area (Å²) in [6, 6.07) is 7.37. The molecule has 0 saturated carbocycles. The number of amides is 1. The number of carbonyl (C=O) groups excluding carboxylic acids is 1. The van der Waals surface area contributed by atoms with Gasteiger partial charge in [-0.3, -0.25) is 4.79 Å². The summed E-state index contributed by atoms with van der Waals surface area (Å²) in [6.07, 6.45) is 3.54. The van der Waals surface area contributed by atoms with Crippen LogP contribution in [0.3, 0.4) is 0 Å². The molecule has 1 aliphatic rings. The van der Waals surface area contributed by atoms with Gasteiger partial charge in [0.2, 0.25) is 0 Å². The van der Waals surface area contributed by atoms with Crippen LogP contribution < -0.4 is 10.1 Å². The maximum Gasteiger partial charge on any atom is 0.255 e. The molecule has 1 saturated heterocycles. The van der Waals surface area contributed by atoms with Crippen LogP contribution in [0.4, 0.5) is 0 Å². The highest BCUT2D eigenvalue weighted by molar-refractivity contribution is 5.96. The Kier molecular flexibility index (Phi) is 6.05. The molecule has 1 aromatic carbocycles. The largest absolute Gasteiger partial charge is 0.493 e. The first kappa shape index (κ1) is 15.8. The lowest BCUT2D eigenvalue weighted by molar-refractivity contribution is 0.00109. The minimum Gasteiger partial charge on any atom is -0.493 e. The summed E-state index contributed by atoms with van der Waals surface area (Å²) in [5.41, 5.74) is 0.611. The van der Waals surface area contributed by atoms with Crippen molar-refractivity contribution in [3.63, 3.8) is 0 Å². The predicted octanol–water partition coefficient (Wildman–Crippen LogP) is 3.02. The molecule has 0 aromatic heterocycles. The highest BCUT2D eigenvalue weighted by Crippen LogP contribution is 2.22. The van der Waals surface area contributed by atoms with Crippen molar-refractivity contribution in [2.75, 3.05) is 19.8 Å². The third kappa shape index (κ3) is 4.74.